The molecule has 2 aromatic heterocycles. The predicted molar refractivity (Wildman–Crippen MR) is 90.6 cm³/mol. The van der Waals surface area contributed by atoms with Crippen molar-refractivity contribution in [3.63, 3.8) is 0 Å². The summed E-state index contributed by atoms with van der Waals surface area (Å²) in [7, 11) is 2.16. The van der Waals surface area contributed by atoms with Crippen molar-refractivity contribution in [3.8, 4) is 0 Å². The van der Waals surface area contributed by atoms with Crippen LogP contribution in [0.4, 0.5) is 0 Å². The van der Waals surface area contributed by atoms with Gasteiger partial charge in [-0.3, -0.25) is 4.98 Å². The summed E-state index contributed by atoms with van der Waals surface area (Å²) in [6, 6.07) is 8.64. The Bertz CT molecular complexity index is 493. The van der Waals surface area contributed by atoms with Crippen molar-refractivity contribution in [2.45, 2.75) is 32.9 Å². The van der Waals surface area contributed by atoms with Crippen LogP contribution < -0.4 is 5.32 Å². The molecule has 2 heterocycles. The average molecular weight is 303 g/mol. The minimum absolute atomic E-state index is 0.911. The highest BCUT2D eigenvalue weighted by Gasteiger charge is 2.03. The molecule has 0 radical (unpaired) electrons. The van der Waals surface area contributed by atoms with Crippen LogP contribution in [0.2, 0.25) is 0 Å². The lowest BCUT2D eigenvalue weighted by Crippen LogP contribution is -2.21. The van der Waals surface area contributed by atoms with E-state index >= 15 is 0 Å². The maximum atomic E-state index is 4.56. The molecule has 0 bridgehead atoms. The zero-order valence-electron chi connectivity index (χ0n) is 13.0. The Morgan fingerprint density at radius 3 is 2.86 bits per heavy atom. The van der Waals surface area contributed by atoms with Crippen LogP contribution in [0, 0.1) is 0 Å². The Labute approximate surface area is 132 Å². The summed E-state index contributed by atoms with van der Waals surface area (Å²) >= 11 is 1.83. The minimum atomic E-state index is 0.911. The van der Waals surface area contributed by atoms with E-state index < -0.39 is 0 Å². The van der Waals surface area contributed by atoms with Crippen LogP contribution in [0.3, 0.4) is 0 Å². The third-order valence-electron chi connectivity index (χ3n) is 3.39. The second-order valence-corrected chi connectivity index (χ2v) is 6.43. The molecule has 2 aromatic rings. The molecule has 2 rings (SSSR count). The quantitative estimate of drug-likeness (QED) is 0.720. The lowest BCUT2D eigenvalue weighted by atomic mass is 10.2. The molecule has 0 amide bonds. The standard InChI is InChI=1S/C17H25N3S/c1-3-9-18-12-15-6-7-16(19-13-15)14-20(2)10-8-17-5-4-11-21-17/h4-7,11,13,18H,3,8-10,12,14H2,1-2H3. The molecule has 1 N–H and O–H groups in total. The smallest absolute Gasteiger partial charge is 0.0544 e. The topological polar surface area (TPSA) is 28.2 Å². The van der Waals surface area contributed by atoms with Gasteiger partial charge in [-0.15, -0.1) is 11.3 Å². The van der Waals surface area contributed by atoms with Crippen LogP contribution in [-0.2, 0) is 19.5 Å². The lowest BCUT2D eigenvalue weighted by molar-refractivity contribution is 0.328. The fraction of sp³-hybridized carbons (Fsp3) is 0.471. The van der Waals surface area contributed by atoms with Crippen LogP contribution in [-0.4, -0.2) is 30.0 Å². The van der Waals surface area contributed by atoms with Crippen LogP contribution in [0.5, 0.6) is 0 Å². The van der Waals surface area contributed by atoms with E-state index in [1.54, 1.807) is 0 Å². The van der Waals surface area contributed by atoms with Crippen molar-refractivity contribution in [3.05, 3.63) is 52.0 Å². The molecule has 0 aliphatic carbocycles. The number of pyridine rings is 1. The molecule has 4 heteroatoms. The van der Waals surface area contributed by atoms with Crippen molar-refractivity contribution >= 4 is 11.3 Å². The highest BCUT2D eigenvalue weighted by Crippen LogP contribution is 2.10. The Balaban J connectivity index is 1.74. The third-order valence-corrected chi connectivity index (χ3v) is 4.33. The first kappa shape index (κ1) is 16.1. The van der Waals surface area contributed by atoms with Crippen LogP contribution in [0.15, 0.2) is 35.8 Å². The zero-order valence-corrected chi connectivity index (χ0v) is 13.8. The molecule has 0 saturated carbocycles. The molecule has 0 saturated heterocycles. The Hall–Kier alpha value is -1.23. The SMILES string of the molecule is CCCNCc1ccc(CN(C)CCc2cccs2)nc1. The summed E-state index contributed by atoms with van der Waals surface area (Å²) in [6.07, 6.45) is 4.28. The first-order chi connectivity index (χ1) is 10.3. The highest BCUT2D eigenvalue weighted by atomic mass is 32.1. The number of thiophene rings is 1. The van der Waals surface area contributed by atoms with E-state index in [1.165, 1.54) is 16.9 Å². The number of likely N-dealkylation sites (N-methyl/N-ethyl adjacent to an activating group) is 1. The van der Waals surface area contributed by atoms with Gasteiger partial charge in [-0.05, 0) is 49.5 Å². The normalized spacial score (nSPS) is 11.2. The van der Waals surface area contributed by atoms with E-state index in [-0.39, 0.29) is 0 Å². The van der Waals surface area contributed by atoms with E-state index in [1.807, 2.05) is 17.5 Å². The van der Waals surface area contributed by atoms with Crippen LogP contribution >= 0.6 is 11.3 Å². The number of hydrogen-bond acceptors (Lipinski definition) is 4. The Morgan fingerprint density at radius 2 is 2.19 bits per heavy atom. The third kappa shape index (κ3) is 5.96. The van der Waals surface area contributed by atoms with E-state index in [0.717, 1.165) is 38.3 Å². The van der Waals surface area contributed by atoms with Crippen molar-refractivity contribution < 1.29 is 0 Å². The van der Waals surface area contributed by atoms with Crippen molar-refractivity contribution in [1.82, 2.24) is 15.2 Å². The summed E-state index contributed by atoms with van der Waals surface area (Å²) in [4.78, 5) is 8.34. The molecule has 0 unspecified atom stereocenters. The van der Waals surface area contributed by atoms with E-state index in [0.29, 0.717) is 0 Å². The van der Waals surface area contributed by atoms with E-state index in [9.17, 15) is 0 Å². The molecule has 0 fully saturated rings. The second kappa shape index (κ2) is 8.93. The highest BCUT2D eigenvalue weighted by molar-refractivity contribution is 7.09. The Morgan fingerprint density at radius 1 is 1.29 bits per heavy atom. The number of hydrogen-bond donors (Lipinski definition) is 1. The van der Waals surface area contributed by atoms with Gasteiger partial charge in [0.15, 0.2) is 0 Å². The molecule has 0 spiro atoms. The molecular weight excluding hydrogens is 278 g/mol. The summed E-state index contributed by atoms with van der Waals surface area (Å²) in [5.74, 6) is 0. The van der Waals surface area contributed by atoms with Crippen LogP contribution in [0.1, 0.15) is 29.5 Å². The van der Waals surface area contributed by atoms with Gasteiger partial charge in [-0.25, -0.2) is 0 Å². The molecule has 21 heavy (non-hydrogen) atoms. The maximum Gasteiger partial charge on any atom is 0.0544 e. The van der Waals surface area contributed by atoms with Gasteiger partial charge in [0, 0.05) is 30.7 Å². The molecule has 0 aliphatic rings. The first-order valence-corrected chi connectivity index (χ1v) is 8.51. The molecule has 0 aliphatic heterocycles. The summed E-state index contributed by atoms with van der Waals surface area (Å²) < 4.78 is 0. The number of aromatic nitrogens is 1. The summed E-state index contributed by atoms with van der Waals surface area (Å²) in [5, 5.41) is 5.54. The van der Waals surface area contributed by atoms with Gasteiger partial charge in [-0.2, -0.15) is 0 Å². The van der Waals surface area contributed by atoms with Gasteiger partial charge in [0.1, 0.15) is 0 Å². The van der Waals surface area contributed by atoms with Gasteiger partial charge in [0.05, 0.1) is 5.69 Å². The van der Waals surface area contributed by atoms with Gasteiger partial charge in [0.2, 0.25) is 0 Å². The number of nitrogens with zero attached hydrogens (tertiary/aromatic N) is 2. The predicted octanol–water partition coefficient (Wildman–Crippen LogP) is 3.32. The molecule has 0 atom stereocenters. The molecule has 0 aromatic carbocycles. The fourth-order valence-electron chi connectivity index (χ4n) is 2.17. The molecule has 3 nitrogen and oxygen atoms in total. The van der Waals surface area contributed by atoms with Gasteiger partial charge in [0.25, 0.3) is 0 Å². The van der Waals surface area contributed by atoms with Crippen LogP contribution in [0.25, 0.3) is 0 Å². The maximum absolute atomic E-state index is 4.56. The zero-order chi connectivity index (χ0) is 14.9. The number of rotatable bonds is 9. The Kier molecular flexibility index (Phi) is 6.86. The van der Waals surface area contributed by atoms with Crippen molar-refractivity contribution in [2.24, 2.45) is 0 Å². The molecule has 114 valence electrons. The van der Waals surface area contributed by atoms with Gasteiger partial charge < -0.3 is 10.2 Å². The minimum Gasteiger partial charge on any atom is -0.313 e. The molecular formula is C17H25N3S. The average Bonchev–Trinajstić information content (AvgIpc) is 3.01. The van der Waals surface area contributed by atoms with Gasteiger partial charge in [-0.1, -0.05) is 19.1 Å². The first-order valence-electron chi connectivity index (χ1n) is 7.63. The monoisotopic (exact) mass is 303 g/mol. The fourth-order valence-corrected chi connectivity index (χ4v) is 2.87. The summed E-state index contributed by atoms with van der Waals surface area (Å²) in [5.41, 5.74) is 2.40. The van der Waals surface area contributed by atoms with E-state index in [4.69, 9.17) is 0 Å². The van der Waals surface area contributed by atoms with Crippen molar-refractivity contribution in [1.29, 1.82) is 0 Å². The number of nitrogens with one attached hydrogen (secondary N) is 1. The van der Waals surface area contributed by atoms with E-state index in [2.05, 4.69) is 58.8 Å². The summed E-state index contributed by atoms with van der Waals surface area (Å²) in [6.45, 7) is 6.14. The second-order valence-electron chi connectivity index (χ2n) is 5.40. The van der Waals surface area contributed by atoms with Crippen molar-refractivity contribution in [2.75, 3.05) is 20.1 Å². The van der Waals surface area contributed by atoms with Gasteiger partial charge >= 0.3 is 0 Å². The largest absolute Gasteiger partial charge is 0.313 e. The lowest BCUT2D eigenvalue weighted by Gasteiger charge is -2.15.